The number of rotatable bonds is 8. The second-order valence-electron chi connectivity index (χ2n) is 8.25. The molecule has 2 heterocycles. The maximum absolute atomic E-state index is 12.8. The lowest BCUT2D eigenvalue weighted by Gasteiger charge is -2.30. The van der Waals surface area contributed by atoms with E-state index < -0.39 is 0 Å². The summed E-state index contributed by atoms with van der Waals surface area (Å²) in [5.41, 5.74) is 6.07. The number of nitrogens with one attached hydrogen (secondary N) is 1. The number of likely N-dealkylation sites (tertiary alicyclic amines) is 1. The van der Waals surface area contributed by atoms with Crippen LogP contribution in [0.5, 0.6) is 0 Å². The largest absolute Gasteiger partial charge is 0.348 e. The fourth-order valence-electron chi connectivity index (χ4n) is 3.97. The molecule has 0 saturated carbocycles. The van der Waals surface area contributed by atoms with Crippen molar-refractivity contribution in [1.29, 1.82) is 0 Å². The summed E-state index contributed by atoms with van der Waals surface area (Å²) in [4.78, 5) is 20.7. The Bertz CT molecular complexity index is 973. The van der Waals surface area contributed by atoms with E-state index in [-0.39, 0.29) is 5.91 Å². The van der Waals surface area contributed by atoms with Gasteiger partial charge in [-0.25, -0.2) is 4.98 Å². The van der Waals surface area contributed by atoms with E-state index in [4.69, 9.17) is 0 Å². The van der Waals surface area contributed by atoms with E-state index in [0.717, 1.165) is 39.9 Å². The lowest BCUT2D eigenvalue weighted by Crippen LogP contribution is -2.33. The standard InChI is InChI=1S/C25H29N3OS2/c1-19-5-4-12-28(14-19)15-21-10-8-20(9-11-21)13-26-25(29)23-6-2-3-7-24(23)31-17-22-16-30-18-27-22/h2-3,6-11,16,18-19H,4-5,12-15,17H2,1H3,(H,26,29). The second-order valence-corrected chi connectivity index (χ2v) is 9.98. The Morgan fingerprint density at radius 1 is 1.19 bits per heavy atom. The van der Waals surface area contributed by atoms with Crippen LogP contribution in [-0.4, -0.2) is 28.9 Å². The quantitative estimate of drug-likeness (QED) is 0.453. The third-order valence-corrected chi connectivity index (χ3v) is 7.36. The third kappa shape index (κ3) is 6.42. The van der Waals surface area contributed by atoms with Crippen molar-refractivity contribution >= 4 is 29.0 Å². The summed E-state index contributed by atoms with van der Waals surface area (Å²) >= 11 is 3.25. The normalized spacial score (nSPS) is 16.9. The van der Waals surface area contributed by atoms with Crippen molar-refractivity contribution in [2.75, 3.05) is 13.1 Å². The van der Waals surface area contributed by atoms with Gasteiger partial charge in [0.1, 0.15) is 0 Å². The molecular formula is C25H29N3OS2. The summed E-state index contributed by atoms with van der Waals surface area (Å²) in [7, 11) is 0. The number of carbonyl (C=O) groups is 1. The summed E-state index contributed by atoms with van der Waals surface area (Å²) < 4.78 is 0. The van der Waals surface area contributed by atoms with Gasteiger partial charge in [0.2, 0.25) is 0 Å². The van der Waals surface area contributed by atoms with E-state index in [1.807, 2.05) is 35.2 Å². The van der Waals surface area contributed by atoms with E-state index in [2.05, 4.69) is 46.4 Å². The fraction of sp³-hybridized carbons (Fsp3) is 0.360. The number of hydrogen-bond acceptors (Lipinski definition) is 5. The van der Waals surface area contributed by atoms with Gasteiger partial charge in [0.05, 0.1) is 16.8 Å². The van der Waals surface area contributed by atoms with E-state index in [0.29, 0.717) is 6.54 Å². The van der Waals surface area contributed by atoms with Crippen LogP contribution in [0, 0.1) is 5.92 Å². The summed E-state index contributed by atoms with van der Waals surface area (Å²) in [5, 5.41) is 5.13. The van der Waals surface area contributed by atoms with Crippen molar-refractivity contribution in [1.82, 2.24) is 15.2 Å². The molecule has 1 unspecified atom stereocenters. The number of aromatic nitrogens is 1. The van der Waals surface area contributed by atoms with E-state index in [9.17, 15) is 4.79 Å². The van der Waals surface area contributed by atoms with Crippen LogP contribution in [0.4, 0.5) is 0 Å². The molecule has 0 radical (unpaired) electrons. The van der Waals surface area contributed by atoms with Gasteiger partial charge in [-0.3, -0.25) is 9.69 Å². The van der Waals surface area contributed by atoms with Crippen molar-refractivity contribution in [2.45, 2.75) is 43.5 Å². The molecule has 1 aliphatic rings. The molecule has 0 aliphatic carbocycles. The highest BCUT2D eigenvalue weighted by Crippen LogP contribution is 2.26. The number of carbonyl (C=O) groups excluding carboxylic acids is 1. The van der Waals surface area contributed by atoms with Crippen molar-refractivity contribution < 1.29 is 4.79 Å². The van der Waals surface area contributed by atoms with Gasteiger partial charge in [0.15, 0.2) is 0 Å². The van der Waals surface area contributed by atoms with Gasteiger partial charge >= 0.3 is 0 Å². The molecule has 1 amide bonds. The topological polar surface area (TPSA) is 45.2 Å². The van der Waals surface area contributed by atoms with E-state index >= 15 is 0 Å². The Balaban J connectivity index is 1.30. The first kappa shape index (κ1) is 22.1. The molecule has 1 aliphatic heterocycles. The molecule has 4 nitrogen and oxygen atoms in total. The van der Waals surface area contributed by atoms with Crippen molar-refractivity contribution in [3.63, 3.8) is 0 Å². The number of thioether (sulfide) groups is 1. The van der Waals surface area contributed by atoms with E-state index in [1.54, 1.807) is 23.1 Å². The SMILES string of the molecule is CC1CCCN(Cc2ccc(CNC(=O)c3ccccc3SCc3cscn3)cc2)C1. The molecule has 0 bridgehead atoms. The molecule has 4 rings (SSSR count). The third-order valence-electron chi connectivity index (χ3n) is 5.61. The molecule has 1 saturated heterocycles. The maximum atomic E-state index is 12.8. The van der Waals surface area contributed by atoms with Gasteiger partial charge < -0.3 is 5.32 Å². The van der Waals surface area contributed by atoms with Crippen LogP contribution >= 0.6 is 23.1 Å². The van der Waals surface area contributed by atoms with Gasteiger partial charge in [-0.15, -0.1) is 23.1 Å². The zero-order valence-corrected chi connectivity index (χ0v) is 19.6. The average molecular weight is 452 g/mol. The minimum atomic E-state index is -0.0345. The first-order valence-electron chi connectivity index (χ1n) is 10.8. The highest BCUT2D eigenvalue weighted by molar-refractivity contribution is 7.98. The van der Waals surface area contributed by atoms with Gasteiger partial charge in [-0.05, 0) is 48.6 Å². The molecule has 162 valence electrons. The van der Waals surface area contributed by atoms with Crippen LogP contribution in [0.3, 0.4) is 0 Å². The second kappa shape index (κ2) is 10.9. The fourth-order valence-corrected chi connectivity index (χ4v) is 5.59. The smallest absolute Gasteiger partial charge is 0.252 e. The van der Waals surface area contributed by atoms with Gasteiger partial charge in [0, 0.05) is 35.7 Å². The predicted octanol–water partition coefficient (Wildman–Crippen LogP) is 5.60. The first-order chi connectivity index (χ1) is 15.2. The Hall–Kier alpha value is -2.15. The summed E-state index contributed by atoms with van der Waals surface area (Å²) in [5.74, 6) is 1.53. The number of nitrogens with zero attached hydrogens (tertiary/aromatic N) is 2. The van der Waals surface area contributed by atoms with Crippen LogP contribution in [0.1, 0.15) is 46.9 Å². The minimum absolute atomic E-state index is 0.0345. The highest BCUT2D eigenvalue weighted by atomic mass is 32.2. The average Bonchev–Trinajstić information content (AvgIpc) is 3.31. The monoisotopic (exact) mass is 451 g/mol. The van der Waals surface area contributed by atoms with Crippen molar-refractivity contribution in [2.24, 2.45) is 5.92 Å². The molecule has 3 aromatic rings. The molecule has 2 aromatic carbocycles. The lowest BCUT2D eigenvalue weighted by atomic mass is 9.99. The molecule has 0 spiro atoms. The molecule has 1 atom stereocenters. The van der Waals surface area contributed by atoms with Crippen LogP contribution < -0.4 is 5.32 Å². The maximum Gasteiger partial charge on any atom is 0.252 e. The van der Waals surface area contributed by atoms with Gasteiger partial charge in [0.25, 0.3) is 5.91 Å². The van der Waals surface area contributed by atoms with Crippen LogP contribution in [0.15, 0.2) is 64.3 Å². The number of amides is 1. The number of piperidine rings is 1. The van der Waals surface area contributed by atoms with Crippen LogP contribution in [0.2, 0.25) is 0 Å². The zero-order valence-electron chi connectivity index (χ0n) is 17.9. The molecule has 1 aromatic heterocycles. The highest BCUT2D eigenvalue weighted by Gasteiger charge is 2.16. The number of hydrogen-bond donors (Lipinski definition) is 1. The number of benzene rings is 2. The minimum Gasteiger partial charge on any atom is -0.348 e. The van der Waals surface area contributed by atoms with Gasteiger partial charge in [-0.2, -0.15) is 0 Å². The van der Waals surface area contributed by atoms with Crippen molar-refractivity contribution in [3.05, 3.63) is 81.8 Å². The Kier molecular flexibility index (Phi) is 7.78. The first-order valence-corrected chi connectivity index (χ1v) is 12.8. The molecule has 31 heavy (non-hydrogen) atoms. The Morgan fingerprint density at radius 2 is 2.00 bits per heavy atom. The molecule has 1 fully saturated rings. The summed E-state index contributed by atoms with van der Waals surface area (Å²) in [6, 6.07) is 16.4. The summed E-state index contributed by atoms with van der Waals surface area (Å²) in [6.45, 7) is 6.28. The zero-order chi connectivity index (χ0) is 21.5. The van der Waals surface area contributed by atoms with Crippen LogP contribution in [-0.2, 0) is 18.8 Å². The summed E-state index contributed by atoms with van der Waals surface area (Å²) in [6.07, 6.45) is 2.65. The Morgan fingerprint density at radius 3 is 2.77 bits per heavy atom. The van der Waals surface area contributed by atoms with E-state index in [1.165, 1.54) is 31.5 Å². The molecule has 6 heteroatoms. The lowest BCUT2D eigenvalue weighted by molar-refractivity contribution is 0.0948. The number of thiazole rings is 1. The molecule has 1 N–H and O–H groups in total. The van der Waals surface area contributed by atoms with Crippen molar-refractivity contribution in [3.8, 4) is 0 Å². The Labute approximate surface area is 193 Å². The van der Waals surface area contributed by atoms with Crippen LogP contribution in [0.25, 0.3) is 0 Å². The molecular weight excluding hydrogens is 422 g/mol. The predicted molar refractivity (Wildman–Crippen MR) is 129 cm³/mol. The van der Waals surface area contributed by atoms with Gasteiger partial charge in [-0.1, -0.05) is 43.3 Å².